The number of nitrogens with one attached hydrogen (secondary N) is 1. The van der Waals surface area contributed by atoms with Gasteiger partial charge in [-0.25, -0.2) is 9.59 Å². The highest BCUT2D eigenvalue weighted by Gasteiger charge is 2.40. The number of carbonyl (C=O) groups excluding carboxylic acids is 1. The van der Waals surface area contributed by atoms with Crippen LogP contribution in [0.5, 0.6) is 0 Å². The Morgan fingerprint density at radius 2 is 1.93 bits per heavy atom. The molecule has 1 aliphatic heterocycles. The van der Waals surface area contributed by atoms with Crippen LogP contribution in [-0.2, 0) is 13.9 Å². The van der Waals surface area contributed by atoms with Gasteiger partial charge in [0.15, 0.2) is 8.32 Å². The summed E-state index contributed by atoms with van der Waals surface area (Å²) in [4.78, 5) is 38.7. The standard InChI is InChI=1S/C20H26N2O6Si/c1-13-11-22(20(25)21-18(13)23)17-10-15(16(27-17)12-26-29(2,3)4)28-19(24)14-8-6-5-7-9-14/h5-9,11,15-17H,10,12H2,1-4H3,(H,21,23,25)/t15-,16+,17+/m0/s1. The van der Waals surface area contributed by atoms with E-state index in [-0.39, 0.29) is 13.0 Å². The molecule has 1 N–H and O–H groups in total. The van der Waals surface area contributed by atoms with E-state index in [1.165, 1.54) is 10.8 Å². The molecule has 0 amide bonds. The Labute approximate surface area is 169 Å². The second-order valence-corrected chi connectivity index (χ2v) is 12.6. The Balaban J connectivity index is 1.82. The van der Waals surface area contributed by atoms with Crippen molar-refractivity contribution in [1.82, 2.24) is 9.55 Å². The maximum atomic E-state index is 12.5. The number of H-pyrrole nitrogens is 1. The molecule has 8 nitrogen and oxygen atoms in total. The van der Waals surface area contributed by atoms with E-state index in [1.54, 1.807) is 31.2 Å². The number of aromatic nitrogens is 2. The first-order valence-electron chi connectivity index (χ1n) is 9.51. The fourth-order valence-electron chi connectivity index (χ4n) is 3.06. The van der Waals surface area contributed by atoms with Crippen LogP contribution in [0.1, 0.15) is 28.6 Å². The average Bonchev–Trinajstić information content (AvgIpc) is 3.05. The lowest BCUT2D eigenvalue weighted by Crippen LogP contribution is -2.36. The third-order valence-electron chi connectivity index (χ3n) is 4.59. The van der Waals surface area contributed by atoms with Crippen molar-refractivity contribution in [2.24, 2.45) is 0 Å². The maximum absolute atomic E-state index is 12.5. The molecule has 3 atom stereocenters. The zero-order chi connectivity index (χ0) is 21.2. The maximum Gasteiger partial charge on any atom is 0.338 e. The predicted octanol–water partition coefficient (Wildman–Crippen LogP) is 2.21. The van der Waals surface area contributed by atoms with Crippen molar-refractivity contribution in [2.45, 2.75) is 51.4 Å². The summed E-state index contributed by atoms with van der Waals surface area (Å²) in [6.45, 7) is 8.04. The minimum Gasteiger partial charge on any atom is -0.456 e. The average molecular weight is 419 g/mol. The van der Waals surface area contributed by atoms with Gasteiger partial charge in [0, 0.05) is 18.2 Å². The lowest BCUT2D eigenvalue weighted by molar-refractivity contribution is -0.0490. The number of aromatic amines is 1. The number of aryl methyl sites for hydroxylation is 1. The Kier molecular flexibility index (Phi) is 6.20. The summed E-state index contributed by atoms with van der Waals surface area (Å²) >= 11 is 0. The van der Waals surface area contributed by atoms with E-state index in [1.807, 2.05) is 6.07 Å². The summed E-state index contributed by atoms with van der Waals surface area (Å²) in [5, 5.41) is 0. The minimum absolute atomic E-state index is 0.260. The van der Waals surface area contributed by atoms with E-state index < -0.39 is 44.0 Å². The molecule has 2 aromatic rings. The van der Waals surface area contributed by atoms with Crippen LogP contribution >= 0.6 is 0 Å². The minimum atomic E-state index is -1.82. The van der Waals surface area contributed by atoms with Crippen molar-refractivity contribution in [2.75, 3.05) is 6.61 Å². The largest absolute Gasteiger partial charge is 0.456 e. The van der Waals surface area contributed by atoms with Crippen LogP contribution in [0.3, 0.4) is 0 Å². The normalized spacial score (nSPS) is 21.9. The van der Waals surface area contributed by atoms with Crippen LogP contribution in [0.25, 0.3) is 0 Å². The number of rotatable bonds is 6. The summed E-state index contributed by atoms with van der Waals surface area (Å²) in [7, 11) is -1.82. The quantitative estimate of drug-likeness (QED) is 0.570. The van der Waals surface area contributed by atoms with Gasteiger partial charge >= 0.3 is 11.7 Å². The van der Waals surface area contributed by atoms with Crippen molar-refractivity contribution < 1.29 is 18.7 Å². The smallest absolute Gasteiger partial charge is 0.338 e. The van der Waals surface area contributed by atoms with Gasteiger partial charge in [-0.05, 0) is 38.7 Å². The number of carbonyl (C=O) groups is 1. The number of nitrogens with zero attached hydrogens (tertiary/aromatic N) is 1. The second kappa shape index (κ2) is 8.48. The highest BCUT2D eigenvalue weighted by atomic mass is 28.4. The van der Waals surface area contributed by atoms with E-state index in [2.05, 4.69) is 24.6 Å². The summed E-state index contributed by atoms with van der Waals surface area (Å²) in [6, 6.07) is 8.71. The molecule has 1 saturated heterocycles. The van der Waals surface area contributed by atoms with Gasteiger partial charge in [0.1, 0.15) is 18.4 Å². The summed E-state index contributed by atoms with van der Waals surface area (Å²) in [6.07, 6.45) is -0.0172. The second-order valence-electron chi connectivity index (χ2n) is 8.08. The molecule has 3 rings (SSSR count). The highest BCUT2D eigenvalue weighted by Crippen LogP contribution is 2.31. The van der Waals surface area contributed by atoms with Gasteiger partial charge in [-0.3, -0.25) is 14.3 Å². The van der Waals surface area contributed by atoms with Gasteiger partial charge in [0.25, 0.3) is 5.56 Å². The van der Waals surface area contributed by atoms with Crippen LogP contribution in [-0.4, -0.2) is 42.7 Å². The van der Waals surface area contributed by atoms with Crippen molar-refractivity contribution in [3.8, 4) is 0 Å². The Hall–Kier alpha value is -2.49. The van der Waals surface area contributed by atoms with Gasteiger partial charge in [-0.15, -0.1) is 0 Å². The molecule has 9 heteroatoms. The molecule has 156 valence electrons. The summed E-state index contributed by atoms with van der Waals surface area (Å²) in [5.74, 6) is -0.456. The van der Waals surface area contributed by atoms with Gasteiger partial charge in [-0.2, -0.15) is 0 Å². The number of hydrogen-bond donors (Lipinski definition) is 1. The first kappa shape index (κ1) is 21.2. The number of esters is 1. The topological polar surface area (TPSA) is 99.6 Å². The van der Waals surface area contributed by atoms with Crippen LogP contribution in [0.2, 0.25) is 19.6 Å². The summed E-state index contributed by atoms with van der Waals surface area (Å²) < 4.78 is 19.0. The SMILES string of the molecule is Cc1cn([C@H]2C[C@H](OC(=O)c3ccccc3)[C@@H](CO[Si](C)(C)C)O2)c(=O)[nH]c1=O. The Morgan fingerprint density at radius 3 is 2.59 bits per heavy atom. The fourth-order valence-corrected chi connectivity index (χ4v) is 3.72. The van der Waals surface area contributed by atoms with E-state index in [0.717, 1.165) is 0 Å². The van der Waals surface area contributed by atoms with Crippen LogP contribution in [0.4, 0.5) is 0 Å². The van der Waals surface area contributed by atoms with Crippen LogP contribution < -0.4 is 11.2 Å². The first-order chi connectivity index (χ1) is 13.6. The monoisotopic (exact) mass is 418 g/mol. The summed E-state index contributed by atoms with van der Waals surface area (Å²) in [5.41, 5.74) is -0.161. The molecule has 1 aromatic carbocycles. The number of benzene rings is 1. The molecule has 1 aromatic heterocycles. The third-order valence-corrected chi connectivity index (χ3v) is 5.62. The molecule has 0 saturated carbocycles. The molecule has 0 radical (unpaired) electrons. The van der Waals surface area contributed by atoms with Crippen molar-refractivity contribution in [3.63, 3.8) is 0 Å². The van der Waals surface area contributed by atoms with Crippen LogP contribution in [0, 0.1) is 6.92 Å². The molecule has 29 heavy (non-hydrogen) atoms. The van der Waals surface area contributed by atoms with Crippen LogP contribution in [0.15, 0.2) is 46.1 Å². The van der Waals surface area contributed by atoms with Gasteiger partial charge in [0.05, 0.1) is 12.2 Å². The van der Waals surface area contributed by atoms with Gasteiger partial charge in [0.2, 0.25) is 0 Å². The number of hydrogen-bond acceptors (Lipinski definition) is 6. The molecular formula is C20H26N2O6Si. The van der Waals surface area contributed by atoms with Crippen molar-refractivity contribution in [3.05, 3.63) is 68.5 Å². The molecule has 1 aliphatic rings. The number of ether oxygens (including phenoxy) is 2. The van der Waals surface area contributed by atoms with E-state index in [4.69, 9.17) is 13.9 Å². The third kappa shape index (κ3) is 5.31. The predicted molar refractivity (Wildman–Crippen MR) is 110 cm³/mol. The lowest BCUT2D eigenvalue weighted by Gasteiger charge is -2.24. The molecule has 0 spiro atoms. The van der Waals surface area contributed by atoms with E-state index in [0.29, 0.717) is 11.1 Å². The fraction of sp³-hybridized carbons (Fsp3) is 0.450. The highest BCUT2D eigenvalue weighted by molar-refractivity contribution is 6.69. The van der Waals surface area contributed by atoms with E-state index >= 15 is 0 Å². The van der Waals surface area contributed by atoms with Crippen molar-refractivity contribution >= 4 is 14.3 Å². The molecule has 0 aliphatic carbocycles. The molecule has 1 fully saturated rings. The molecular weight excluding hydrogens is 392 g/mol. The van der Waals surface area contributed by atoms with Gasteiger partial charge < -0.3 is 13.9 Å². The van der Waals surface area contributed by atoms with Gasteiger partial charge in [-0.1, -0.05) is 18.2 Å². The Morgan fingerprint density at radius 1 is 1.24 bits per heavy atom. The molecule has 0 unspecified atom stereocenters. The van der Waals surface area contributed by atoms with E-state index in [9.17, 15) is 14.4 Å². The lowest BCUT2D eigenvalue weighted by atomic mass is 10.1. The zero-order valence-corrected chi connectivity index (χ0v) is 18.0. The first-order valence-corrected chi connectivity index (χ1v) is 12.9. The molecule has 0 bridgehead atoms. The van der Waals surface area contributed by atoms with Crippen molar-refractivity contribution in [1.29, 1.82) is 0 Å². The zero-order valence-electron chi connectivity index (χ0n) is 17.0. The Bertz CT molecular complexity index is 979. The molecule has 2 heterocycles.